The first kappa shape index (κ1) is 20.9. The molecule has 0 unspecified atom stereocenters. The Balaban J connectivity index is 1.56. The van der Waals surface area contributed by atoms with Gasteiger partial charge < -0.3 is 10.1 Å². The van der Waals surface area contributed by atoms with Crippen LogP contribution in [0.5, 0.6) is 5.75 Å². The molecule has 0 aliphatic heterocycles. The molecule has 2 aromatic carbocycles. The highest BCUT2D eigenvalue weighted by Crippen LogP contribution is 2.34. The molecule has 0 saturated heterocycles. The van der Waals surface area contributed by atoms with Crippen LogP contribution in [-0.2, 0) is 4.79 Å². The van der Waals surface area contributed by atoms with Crippen molar-refractivity contribution in [2.24, 2.45) is 0 Å². The molecule has 0 fully saturated rings. The summed E-state index contributed by atoms with van der Waals surface area (Å²) in [5.41, 5.74) is 2.56. The fraction of sp³-hybridized carbons (Fsp3) is 0.150. The minimum absolute atomic E-state index is 0.226. The zero-order valence-corrected chi connectivity index (χ0v) is 19.0. The van der Waals surface area contributed by atoms with Crippen molar-refractivity contribution >= 4 is 68.1 Å². The molecule has 2 heterocycles. The largest absolute Gasteiger partial charge is 0.482 e. The van der Waals surface area contributed by atoms with Gasteiger partial charge >= 0.3 is 0 Å². The number of carbonyl (C=O) groups excluding carboxylic acids is 1. The number of fused-ring (bicyclic) bond motifs is 1. The number of hydrogen-bond donors (Lipinski definition) is 1. The van der Waals surface area contributed by atoms with E-state index in [1.54, 1.807) is 28.9 Å². The van der Waals surface area contributed by atoms with Gasteiger partial charge in [-0.2, -0.15) is 9.78 Å². The van der Waals surface area contributed by atoms with Gasteiger partial charge in [-0.25, -0.2) is 4.98 Å². The molecule has 1 amide bonds. The quantitative estimate of drug-likeness (QED) is 0.375. The Bertz CT molecular complexity index is 1230. The topological polar surface area (TPSA) is 69.0 Å². The van der Waals surface area contributed by atoms with Crippen LogP contribution in [0.2, 0.25) is 15.1 Å². The molecule has 2 aromatic heterocycles. The van der Waals surface area contributed by atoms with Crippen LogP contribution in [0.1, 0.15) is 11.3 Å². The summed E-state index contributed by atoms with van der Waals surface area (Å²) in [5, 5.41) is 9.32. The number of aromatic nitrogens is 3. The molecular formula is C20H15Cl3N4O2S. The smallest absolute Gasteiger partial charge is 0.263 e. The molecule has 154 valence electrons. The second-order valence-electron chi connectivity index (χ2n) is 6.53. The van der Waals surface area contributed by atoms with E-state index in [9.17, 15) is 4.79 Å². The SMILES string of the molecule is Cc1cc(NC(=O)COc2ccc(Cl)cc2Cl)n(-c2nc3c(C)ccc(Cl)c3s2)n1. The molecule has 10 heteroatoms. The number of nitrogens with zero attached hydrogens (tertiary/aromatic N) is 3. The summed E-state index contributed by atoms with van der Waals surface area (Å²) in [5.74, 6) is 0.492. The number of carbonyl (C=O) groups is 1. The van der Waals surface area contributed by atoms with Crippen LogP contribution in [0.15, 0.2) is 36.4 Å². The lowest BCUT2D eigenvalue weighted by Gasteiger charge is -2.09. The zero-order valence-electron chi connectivity index (χ0n) is 15.9. The summed E-state index contributed by atoms with van der Waals surface area (Å²) in [6, 6.07) is 10.3. The van der Waals surface area contributed by atoms with E-state index in [1.165, 1.54) is 11.3 Å². The van der Waals surface area contributed by atoms with Crippen LogP contribution in [0, 0.1) is 13.8 Å². The third-order valence-corrected chi connectivity index (χ3v) is 6.24. The Hall–Kier alpha value is -2.32. The summed E-state index contributed by atoms with van der Waals surface area (Å²) in [6.45, 7) is 3.58. The fourth-order valence-corrected chi connectivity index (χ4v) is 4.58. The first-order valence-electron chi connectivity index (χ1n) is 8.82. The predicted octanol–water partition coefficient (Wildman–Crippen LogP) is 6.08. The lowest BCUT2D eigenvalue weighted by Crippen LogP contribution is -2.22. The number of nitrogens with one attached hydrogen (secondary N) is 1. The molecule has 0 spiro atoms. The van der Waals surface area contributed by atoms with Gasteiger partial charge in [0.05, 0.1) is 26.0 Å². The van der Waals surface area contributed by atoms with Crippen LogP contribution in [-0.4, -0.2) is 27.3 Å². The van der Waals surface area contributed by atoms with Crippen molar-refractivity contribution in [1.29, 1.82) is 0 Å². The van der Waals surface area contributed by atoms with Crippen molar-refractivity contribution in [2.45, 2.75) is 13.8 Å². The molecule has 0 saturated carbocycles. The van der Waals surface area contributed by atoms with Gasteiger partial charge in [0.2, 0.25) is 5.13 Å². The summed E-state index contributed by atoms with van der Waals surface area (Å²) in [7, 11) is 0. The molecule has 0 bridgehead atoms. The van der Waals surface area contributed by atoms with Crippen molar-refractivity contribution in [3.05, 3.63) is 62.7 Å². The van der Waals surface area contributed by atoms with Crippen LogP contribution in [0.25, 0.3) is 15.3 Å². The van der Waals surface area contributed by atoms with Crippen molar-refractivity contribution in [1.82, 2.24) is 14.8 Å². The summed E-state index contributed by atoms with van der Waals surface area (Å²) >= 11 is 19.7. The Morgan fingerprint density at radius 1 is 1.13 bits per heavy atom. The minimum atomic E-state index is -0.363. The normalized spacial score (nSPS) is 11.1. The maximum absolute atomic E-state index is 12.5. The maximum Gasteiger partial charge on any atom is 0.263 e. The maximum atomic E-state index is 12.5. The standard InChI is InChI=1S/C20H15Cl3N4O2S/c1-10-3-5-13(22)19-18(10)25-20(30-19)27-16(7-11(2)26-27)24-17(28)9-29-15-6-4-12(21)8-14(15)23/h3-8H,9H2,1-2H3,(H,24,28). The second kappa shape index (κ2) is 8.43. The van der Waals surface area contributed by atoms with Crippen LogP contribution < -0.4 is 10.1 Å². The Labute approximate surface area is 191 Å². The number of thiazole rings is 1. The van der Waals surface area contributed by atoms with Crippen molar-refractivity contribution < 1.29 is 9.53 Å². The molecule has 1 N–H and O–H groups in total. The predicted molar refractivity (Wildman–Crippen MR) is 122 cm³/mol. The molecule has 4 aromatic rings. The van der Waals surface area contributed by atoms with Gasteiger partial charge in [0.25, 0.3) is 5.91 Å². The van der Waals surface area contributed by atoms with Gasteiger partial charge in [-0.05, 0) is 43.7 Å². The van der Waals surface area contributed by atoms with Crippen molar-refractivity contribution in [2.75, 3.05) is 11.9 Å². The van der Waals surface area contributed by atoms with E-state index >= 15 is 0 Å². The van der Waals surface area contributed by atoms with Crippen LogP contribution in [0.3, 0.4) is 0 Å². The first-order valence-corrected chi connectivity index (χ1v) is 10.8. The van der Waals surface area contributed by atoms with Gasteiger partial charge in [-0.15, -0.1) is 0 Å². The molecule has 0 aliphatic carbocycles. The number of aryl methyl sites for hydroxylation is 2. The van der Waals surface area contributed by atoms with Gasteiger partial charge in [0.1, 0.15) is 11.6 Å². The summed E-state index contributed by atoms with van der Waals surface area (Å²) in [4.78, 5) is 17.1. The number of ether oxygens (including phenoxy) is 1. The Morgan fingerprint density at radius 3 is 2.67 bits per heavy atom. The third kappa shape index (κ3) is 4.25. The Morgan fingerprint density at radius 2 is 1.93 bits per heavy atom. The molecule has 30 heavy (non-hydrogen) atoms. The average Bonchev–Trinajstić information content (AvgIpc) is 3.28. The van der Waals surface area contributed by atoms with Gasteiger partial charge in [-0.1, -0.05) is 52.2 Å². The first-order chi connectivity index (χ1) is 14.3. The zero-order chi connectivity index (χ0) is 21.4. The summed E-state index contributed by atoms with van der Waals surface area (Å²) in [6.07, 6.45) is 0. The van der Waals surface area contributed by atoms with E-state index < -0.39 is 0 Å². The van der Waals surface area contributed by atoms with Gasteiger partial charge in [-0.3, -0.25) is 4.79 Å². The number of amides is 1. The third-order valence-electron chi connectivity index (χ3n) is 4.22. The van der Waals surface area contributed by atoms with Crippen molar-refractivity contribution in [3.63, 3.8) is 0 Å². The minimum Gasteiger partial charge on any atom is -0.482 e. The number of hydrogen-bond acceptors (Lipinski definition) is 5. The molecule has 0 radical (unpaired) electrons. The van der Waals surface area contributed by atoms with E-state index in [4.69, 9.17) is 39.5 Å². The van der Waals surface area contributed by atoms with Crippen molar-refractivity contribution in [3.8, 4) is 10.9 Å². The van der Waals surface area contributed by atoms with Gasteiger partial charge in [0.15, 0.2) is 6.61 Å². The lowest BCUT2D eigenvalue weighted by atomic mass is 10.2. The van der Waals surface area contributed by atoms with E-state index in [2.05, 4.69) is 15.4 Å². The number of halogens is 3. The highest BCUT2D eigenvalue weighted by atomic mass is 35.5. The second-order valence-corrected chi connectivity index (χ2v) is 8.76. The molecule has 6 nitrogen and oxygen atoms in total. The van der Waals surface area contributed by atoms with Crippen LogP contribution >= 0.6 is 46.1 Å². The molecule has 4 rings (SSSR count). The molecular weight excluding hydrogens is 467 g/mol. The highest BCUT2D eigenvalue weighted by Gasteiger charge is 2.17. The Kier molecular flexibility index (Phi) is 5.88. The van der Waals surface area contributed by atoms with Gasteiger partial charge in [0, 0.05) is 11.1 Å². The number of benzene rings is 2. The number of rotatable bonds is 5. The average molecular weight is 482 g/mol. The molecule has 0 aliphatic rings. The van der Waals surface area contributed by atoms with Crippen LogP contribution in [0.4, 0.5) is 5.82 Å². The lowest BCUT2D eigenvalue weighted by molar-refractivity contribution is -0.118. The van der Waals surface area contributed by atoms with E-state index in [0.717, 1.165) is 21.5 Å². The monoisotopic (exact) mass is 480 g/mol. The van der Waals surface area contributed by atoms with E-state index in [1.807, 2.05) is 26.0 Å². The number of anilines is 1. The van der Waals surface area contributed by atoms with E-state index in [0.29, 0.717) is 31.8 Å². The highest BCUT2D eigenvalue weighted by molar-refractivity contribution is 7.21. The molecule has 0 atom stereocenters. The summed E-state index contributed by atoms with van der Waals surface area (Å²) < 4.78 is 7.95. The fourth-order valence-electron chi connectivity index (χ4n) is 2.83. The van der Waals surface area contributed by atoms with E-state index in [-0.39, 0.29) is 12.5 Å².